The van der Waals surface area contributed by atoms with E-state index in [-0.39, 0.29) is 35.7 Å². The summed E-state index contributed by atoms with van der Waals surface area (Å²) < 4.78 is 22.5. The summed E-state index contributed by atoms with van der Waals surface area (Å²) in [6, 6.07) is 18.0. The van der Waals surface area contributed by atoms with Crippen molar-refractivity contribution in [1.29, 1.82) is 5.26 Å². The molecule has 3 saturated heterocycles. The quantitative estimate of drug-likeness (QED) is 0.270. The number of hydrogen-bond donors (Lipinski definition) is 0. The fourth-order valence-electron chi connectivity index (χ4n) is 7.34. The molecule has 218 valence electrons. The molecule has 7 rings (SSSR count). The van der Waals surface area contributed by atoms with Crippen molar-refractivity contribution in [2.45, 2.75) is 44.3 Å². The fourth-order valence-corrected chi connectivity index (χ4v) is 7.34. The normalized spacial score (nSPS) is 21.6. The first-order valence-corrected chi connectivity index (χ1v) is 15.0. The summed E-state index contributed by atoms with van der Waals surface area (Å²) in [5, 5.41) is 13.1. The molecule has 0 aliphatic carbocycles. The van der Waals surface area contributed by atoms with Crippen molar-refractivity contribution in [2.24, 2.45) is 0 Å². The van der Waals surface area contributed by atoms with Crippen LogP contribution in [0.25, 0.3) is 32.8 Å². The number of likely N-dealkylation sites (tertiary alicyclic amines) is 2. The molecule has 8 heteroatoms. The van der Waals surface area contributed by atoms with Gasteiger partial charge in [-0.25, -0.2) is 9.37 Å². The molecule has 3 aliphatic rings. The number of carbonyl (C=O) groups is 1. The molecule has 1 aromatic heterocycles. The Balaban J connectivity index is 1.38. The highest BCUT2D eigenvalue weighted by atomic mass is 19.1. The molecular weight excluding hydrogens is 541 g/mol. The van der Waals surface area contributed by atoms with E-state index >= 15 is 4.39 Å². The predicted molar refractivity (Wildman–Crippen MR) is 167 cm³/mol. The van der Waals surface area contributed by atoms with Gasteiger partial charge >= 0.3 is 0 Å². The highest BCUT2D eigenvalue weighted by Gasteiger charge is 2.49. The zero-order valence-electron chi connectivity index (χ0n) is 24.5. The number of amides is 1. The van der Waals surface area contributed by atoms with E-state index in [0.29, 0.717) is 47.4 Å². The zero-order chi connectivity index (χ0) is 29.8. The fraction of sp³-hybridized carbons (Fsp3) is 0.343. The van der Waals surface area contributed by atoms with Gasteiger partial charge in [-0.15, -0.1) is 0 Å². The third-order valence-electron chi connectivity index (χ3n) is 9.65. The maximum absolute atomic E-state index is 16.2. The molecule has 43 heavy (non-hydrogen) atoms. The number of halogens is 1. The number of hydrogen-bond acceptors (Lipinski definition) is 6. The lowest BCUT2D eigenvalue weighted by Crippen LogP contribution is -2.63. The number of benzene rings is 3. The van der Waals surface area contributed by atoms with Crippen molar-refractivity contribution in [3.8, 4) is 23.1 Å². The summed E-state index contributed by atoms with van der Waals surface area (Å²) >= 11 is 0. The van der Waals surface area contributed by atoms with Crippen LogP contribution in [0.5, 0.6) is 5.88 Å². The number of aromatic nitrogens is 1. The molecule has 3 aliphatic heterocycles. The maximum Gasteiger partial charge on any atom is 0.246 e. The van der Waals surface area contributed by atoms with Crippen LogP contribution in [0.3, 0.4) is 0 Å². The number of carbonyl (C=O) groups excluding carboxylic acids is 1. The Morgan fingerprint density at radius 2 is 1.98 bits per heavy atom. The first-order chi connectivity index (χ1) is 20.9. The van der Waals surface area contributed by atoms with Crippen molar-refractivity contribution in [1.82, 2.24) is 14.8 Å². The third kappa shape index (κ3) is 4.42. The zero-order valence-corrected chi connectivity index (χ0v) is 24.5. The number of ether oxygens (including phenoxy) is 1. The second kappa shape index (κ2) is 10.7. The smallest absolute Gasteiger partial charge is 0.246 e. The molecule has 0 spiro atoms. The molecule has 0 bridgehead atoms. The Labute approximate surface area is 250 Å². The van der Waals surface area contributed by atoms with Crippen LogP contribution in [-0.4, -0.2) is 72.1 Å². The minimum Gasteiger partial charge on any atom is -0.475 e. The third-order valence-corrected chi connectivity index (χ3v) is 9.65. The number of pyridine rings is 1. The van der Waals surface area contributed by atoms with Crippen molar-refractivity contribution in [2.75, 3.05) is 38.2 Å². The van der Waals surface area contributed by atoms with Crippen molar-refractivity contribution < 1.29 is 13.9 Å². The number of nitrogens with zero attached hydrogens (tertiary/aromatic N) is 5. The largest absolute Gasteiger partial charge is 0.475 e. The topological polar surface area (TPSA) is 72.7 Å². The summed E-state index contributed by atoms with van der Waals surface area (Å²) in [5.74, 6) is -0.182. The molecule has 0 saturated carbocycles. The second-order valence-electron chi connectivity index (χ2n) is 12.0. The molecule has 4 aromatic rings. The van der Waals surface area contributed by atoms with E-state index in [4.69, 9.17) is 9.72 Å². The van der Waals surface area contributed by atoms with E-state index in [1.165, 1.54) is 12.1 Å². The Hall–Kier alpha value is -4.48. The highest BCUT2D eigenvalue weighted by Crippen LogP contribution is 2.45. The van der Waals surface area contributed by atoms with Gasteiger partial charge in [-0.05, 0) is 79.9 Å². The van der Waals surface area contributed by atoms with E-state index < -0.39 is 0 Å². The Morgan fingerprint density at radius 3 is 2.72 bits per heavy atom. The Kier molecular flexibility index (Phi) is 6.78. The molecule has 7 nitrogen and oxygen atoms in total. The predicted octanol–water partition coefficient (Wildman–Crippen LogP) is 5.82. The summed E-state index contributed by atoms with van der Waals surface area (Å²) in [6.07, 6.45) is 4.25. The minimum absolute atomic E-state index is 0.0267. The Morgan fingerprint density at radius 1 is 1.16 bits per heavy atom. The van der Waals surface area contributed by atoms with Gasteiger partial charge in [0, 0.05) is 30.1 Å². The van der Waals surface area contributed by atoms with E-state index in [9.17, 15) is 10.1 Å². The lowest BCUT2D eigenvalue weighted by atomic mass is 9.91. The van der Waals surface area contributed by atoms with Crippen LogP contribution in [-0.2, 0) is 4.79 Å². The Bertz CT molecular complexity index is 1830. The highest BCUT2D eigenvalue weighted by molar-refractivity contribution is 6.03. The lowest BCUT2D eigenvalue weighted by Gasteiger charge is -2.48. The maximum atomic E-state index is 16.2. The monoisotopic (exact) mass is 575 g/mol. The molecule has 3 atom stereocenters. The van der Waals surface area contributed by atoms with Gasteiger partial charge in [0.2, 0.25) is 11.8 Å². The van der Waals surface area contributed by atoms with Crippen molar-refractivity contribution >= 4 is 33.3 Å². The van der Waals surface area contributed by atoms with Crippen LogP contribution in [0, 0.1) is 24.1 Å². The first-order valence-electron chi connectivity index (χ1n) is 15.0. The molecular formula is C35H34FN5O2. The molecule has 4 heterocycles. The van der Waals surface area contributed by atoms with Gasteiger partial charge in [0.05, 0.1) is 23.3 Å². The van der Waals surface area contributed by atoms with Gasteiger partial charge in [-0.1, -0.05) is 43.0 Å². The van der Waals surface area contributed by atoms with E-state index in [1.807, 2.05) is 48.2 Å². The number of fused-ring (bicyclic) bond motifs is 3. The average Bonchev–Trinajstić information content (AvgIpc) is 3.57. The standard InChI is InChI=1S/C35H34FN5O2/c1-4-32(42)40-15-13-30-31(40)19-41(30)34-26-16-28(36)25(24-12-6-10-22-9-5-8-21(2)33(22)24)17-29(26)38-35(27(34)18-37)43-20-23-11-7-14-39(23)3/h4-6,8-10,12,16-17,23,30-31H,1,7,11,13-15,19-20H2,2-3H3/t23-,30+,31+/m0/s1. The summed E-state index contributed by atoms with van der Waals surface area (Å²) in [4.78, 5) is 23.6. The van der Waals surface area contributed by atoms with Crippen LogP contribution >= 0.6 is 0 Å². The summed E-state index contributed by atoms with van der Waals surface area (Å²) in [6.45, 7) is 8.30. The second-order valence-corrected chi connectivity index (χ2v) is 12.0. The minimum atomic E-state index is -0.372. The van der Waals surface area contributed by atoms with Crippen molar-refractivity contribution in [3.63, 3.8) is 0 Å². The molecule has 0 radical (unpaired) electrons. The molecule has 0 N–H and O–H groups in total. The van der Waals surface area contributed by atoms with Gasteiger partial charge in [-0.2, -0.15) is 5.26 Å². The summed E-state index contributed by atoms with van der Waals surface area (Å²) in [5.41, 5.74) is 3.85. The number of anilines is 1. The van der Waals surface area contributed by atoms with Crippen LogP contribution in [0.2, 0.25) is 0 Å². The average molecular weight is 576 g/mol. The molecule has 3 fully saturated rings. The number of aryl methyl sites for hydroxylation is 1. The van der Waals surface area contributed by atoms with Gasteiger partial charge in [0.1, 0.15) is 24.1 Å². The number of likely N-dealkylation sites (N-methyl/N-ethyl adjacent to an activating group) is 1. The van der Waals surface area contributed by atoms with E-state index in [2.05, 4.69) is 29.5 Å². The van der Waals surface area contributed by atoms with Crippen molar-refractivity contribution in [3.05, 3.63) is 78.1 Å². The SMILES string of the molecule is C=CC(=O)N1CC[C@@H]2[C@H]1CN2c1c(C#N)c(OC[C@@H]2CCCN2C)nc2cc(-c3cccc4cccc(C)c34)c(F)cc12. The molecule has 1 amide bonds. The molecule has 0 unspecified atom stereocenters. The lowest BCUT2D eigenvalue weighted by molar-refractivity contribution is -0.127. The van der Waals surface area contributed by atoms with Gasteiger partial charge in [-0.3, -0.25) is 4.79 Å². The number of rotatable bonds is 6. The van der Waals surface area contributed by atoms with E-state index in [1.54, 1.807) is 6.07 Å². The van der Waals surface area contributed by atoms with Crippen LogP contribution in [0.1, 0.15) is 30.4 Å². The van der Waals surface area contributed by atoms with E-state index in [0.717, 1.165) is 47.7 Å². The summed E-state index contributed by atoms with van der Waals surface area (Å²) in [7, 11) is 2.09. The van der Waals surface area contributed by atoms with Crippen LogP contribution in [0.15, 0.2) is 61.2 Å². The molecule has 3 aromatic carbocycles. The first kappa shape index (κ1) is 27.4. The van der Waals surface area contributed by atoms with Gasteiger partial charge in [0.15, 0.2) is 0 Å². The van der Waals surface area contributed by atoms with Gasteiger partial charge in [0.25, 0.3) is 0 Å². The van der Waals surface area contributed by atoms with Crippen LogP contribution in [0.4, 0.5) is 10.1 Å². The van der Waals surface area contributed by atoms with Gasteiger partial charge < -0.3 is 19.4 Å². The number of nitriles is 1. The van der Waals surface area contributed by atoms with Crippen LogP contribution < -0.4 is 9.64 Å².